The van der Waals surface area contributed by atoms with E-state index >= 15 is 0 Å². The van der Waals surface area contributed by atoms with Gasteiger partial charge in [0.05, 0.1) is 13.7 Å². The van der Waals surface area contributed by atoms with Crippen LogP contribution in [0.2, 0.25) is 0 Å². The minimum atomic E-state index is -0.0771. The van der Waals surface area contributed by atoms with Crippen molar-refractivity contribution in [3.05, 3.63) is 23.8 Å². The Bertz CT molecular complexity index is 787. The van der Waals surface area contributed by atoms with Crippen LogP contribution in [0.3, 0.4) is 0 Å². The van der Waals surface area contributed by atoms with Crippen LogP contribution in [0.5, 0.6) is 5.75 Å². The molecule has 0 saturated carbocycles. The number of carbonyl (C=O) groups excluding carboxylic acids is 1. The molecular weight excluding hydrogens is 421 g/mol. The minimum Gasteiger partial charge on any atom is -0.495 e. The highest BCUT2D eigenvalue weighted by molar-refractivity contribution is 7.56. The summed E-state index contributed by atoms with van der Waals surface area (Å²) < 4.78 is 5.66. The Hall–Kier alpha value is -1.69. The molecule has 3 rings (SSSR count). The zero-order chi connectivity index (χ0) is 23.1. The highest BCUT2D eigenvalue weighted by atomic mass is 31.1. The second-order valence-corrected chi connectivity index (χ2v) is 11.7. The molecule has 32 heavy (non-hydrogen) atoms. The molecular formula is C24H40N5O2P. The van der Waals surface area contributed by atoms with Crippen LogP contribution in [-0.2, 0) is 4.79 Å². The molecule has 0 spiro atoms. The third-order valence-corrected chi connectivity index (χ3v) is 8.48. The Kier molecular flexibility index (Phi) is 9.33. The number of nitrogens with zero attached hydrogens (tertiary/aromatic N) is 4. The van der Waals surface area contributed by atoms with Gasteiger partial charge in [0.25, 0.3) is 5.91 Å². The number of anilines is 1. The quantitative estimate of drug-likeness (QED) is 0.367. The monoisotopic (exact) mass is 461 g/mol. The zero-order valence-electron chi connectivity index (χ0n) is 20.4. The Morgan fingerprint density at radius 1 is 1.25 bits per heavy atom. The van der Waals surface area contributed by atoms with Gasteiger partial charge in [0.2, 0.25) is 0 Å². The molecule has 2 fully saturated rings. The maximum Gasteiger partial charge on any atom is 0.267 e. The molecule has 1 N–H and O–H groups in total. The molecule has 1 amide bonds. The average molecular weight is 462 g/mol. The lowest BCUT2D eigenvalue weighted by molar-refractivity contribution is -0.115. The molecule has 0 atom stereocenters. The van der Waals surface area contributed by atoms with Crippen molar-refractivity contribution in [1.29, 1.82) is 0 Å². The van der Waals surface area contributed by atoms with Gasteiger partial charge in [-0.3, -0.25) is 9.80 Å². The predicted molar refractivity (Wildman–Crippen MR) is 136 cm³/mol. The molecule has 0 radical (unpaired) electrons. The predicted octanol–water partition coefficient (Wildman–Crippen LogP) is 2.82. The minimum absolute atomic E-state index is 0.0771. The van der Waals surface area contributed by atoms with Crippen molar-refractivity contribution in [2.45, 2.75) is 32.7 Å². The Balaban J connectivity index is 1.74. The standard InChI is InChI=1S/C24H40N5O2P/c1-19-7-6-8-22(31-4)23(19)29(14-13-28-15-17-32(5)18-16-28)26-20(2)24(30)25-21-9-11-27(3)12-10-21/h6-8,21H,9-18H2,1-5H3,(H,25,30)/b26-20+. The van der Waals surface area contributed by atoms with Gasteiger partial charge in [0.1, 0.15) is 17.1 Å². The van der Waals surface area contributed by atoms with Crippen molar-refractivity contribution in [3.63, 3.8) is 0 Å². The van der Waals surface area contributed by atoms with Gasteiger partial charge in [0, 0.05) is 25.7 Å². The number of aryl methyl sites for hydroxylation is 1. The molecule has 2 heterocycles. The number of para-hydroxylation sites is 1. The van der Waals surface area contributed by atoms with Crippen molar-refractivity contribution < 1.29 is 9.53 Å². The Morgan fingerprint density at radius 3 is 2.59 bits per heavy atom. The lowest BCUT2D eigenvalue weighted by atomic mass is 10.1. The van der Waals surface area contributed by atoms with Gasteiger partial charge in [-0.25, -0.2) is 0 Å². The molecule has 2 saturated heterocycles. The fourth-order valence-corrected chi connectivity index (χ4v) is 5.79. The van der Waals surface area contributed by atoms with Gasteiger partial charge in [-0.2, -0.15) is 5.10 Å². The summed E-state index contributed by atoms with van der Waals surface area (Å²) in [7, 11) is 4.02. The number of ether oxygens (including phenoxy) is 1. The molecule has 8 heteroatoms. The van der Waals surface area contributed by atoms with Gasteiger partial charge in [-0.15, -0.1) is 7.92 Å². The number of likely N-dealkylation sites (tertiary alicyclic amines) is 1. The number of hydrogen-bond acceptors (Lipinski definition) is 6. The van der Waals surface area contributed by atoms with E-state index in [2.05, 4.69) is 41.8 Å². The smallest absolute Gasteiger partial charge is 0.267 e. The summed E-state index contributed by atoms with van der Waals surface area (Å²) in [6.45, 7) is 12.3. The molecule has 1 aromatic carbocycles. The summed E-state index contributed by atoms with van der Waals surface area (Å²) in [4.78, 5) is 17.7. The highest BCUT2D eigenvalue weighted by Crippen LogP contribution is 2.34. The van der Waals surface area contributed by atoms with E-state index in [0.29, 0.717) is 5.71 Å². The van der Waals surface area contributed by atoms with Gasteiger partial charge in [-0.05, 0) is 77.4 Å². The summed E-state index contributed by atoms with van der Waals surface area (Å²) >= 11 is 0. The third kappa shape index (κ3) is 6.90. The Morgan fingerprint density at radius 2 is 1.94 bits per heavy atom. The molecule has 0 unspecified atom stereocenters. The third-order valence-electron chi connectivity index (χ3n) is 6.56. The first-order chi connectivity index (χ1) is 15.4. The summed E-state index contributed by atoms with van der Waals surface area (Å²) in [5.41, 5.74) is 2.52. The first-order valence-corrected chi connectivity index (χ1v) is 13.9. The van der Waals surface area contributed by atoms with E-state index in [1.165, 1.54) is 12.3 Å². The molecule has 0 aromatic heterocycles. The summed E-state index contributed by atoms with van der Waals surface area (Å²) in [6, 6.07) is 6.25. The second-order valence-electron chi connectivity index (χ2n) is 9.13. The number of amides is 1. The van der Waals surface area contributed by atoms with Crippen LogP contribution in [0, 0.1) is 6.92 Å². The number of rotatable bonds is 8. The summed E-state index contributed by atoms with van der Waals surface area (Å²) in [6.07, 6.45) is 4.59. The van der Waals surface area contributed by atoms with Crippen LogP contribution in [0.1, 0.15) is 25.3 Å². The molecule has 0 bridgehead atoms. The normalized spacial score (nSPS) is 19.7. The summed E-state index contributed by atoms with van der Waals surface area (Å²) in [5.74, 6) is 0.708. The number of piperidine rings is 1. The van der Waals surface area contributed by atoms with Crippen LogP contribution in [0.4, 0.5) is 5.69 Å². The fraction of sp³-hybridized carbons (Fsp3) is 0.667. The van der Waals surface area contributed by atoms with Crippen LogP contribution in [0.25, 0.3) is 0 Å². The first-order valence-electron chi connectivity index (χ1n) is 11.7. The van der Waals surface area contributed by atoms with Gasteiger partial charge in [0.15, 0.2) is 0 Å². The average Bonchev–Trinajstić information content (AvgIpc) is 2.79. The number of hydrazone groups is 1. The zero-order valence-corrected chi connectivity index (χ0v) is 21.3. The second kappa shape index (κ2) is 12.0. The SMILES string of the molecule is COc1cccc(C)c1N(CCN1CCP(C)CC1)/N=C(\C)C(=O)NC1CCN(C)CC1. The van der Waals surface area contributed by atoms with Crippen molar-refractivity contribution in [3.8, 4) is 5.75 Å². The van der Waals surface area contributed by atoms with Crippen molar-refractivity contribution in [2.24, 2.45) is 5.10 Å². The number of nitrogens with one attached hydrogen (secondary N) is 1. The summed E-state index contributed by atoms with van der Waals surface area (Å²) in [5, 5.41) is 9.98. The van der Waals surface area contributed by atoms with Gasteiger partial charge >= 0.3 is 0 Å². The number of hydrogen-bond donors (Lipinski definition) is 1. The van der Waals surface area contributed by atoms with Crippen molar-refractivity contribution in [2.75, 3.05) is 77.4 Å². The number of carbonyl (C=O) groups is 1. The van der Waals surface area contributed by atoms with E-state index in [1.807, 2.05) is 24.1 Å². The van der Waals surface area contributed by atoms with E-state index < -0.39 is 0 Å². The lowest BCUT2D eigenvalue weighted by Gasteiger charge is -2.32. The topological polar surface area (TPSA) is 60.4 Å². The molecule has 2 aliphatic heterocycles. The van der Waals surface area contributed by atoms with Crippen LogP contribution in [0.15, 0.2) is 23.3 Å². The van der Waals surface area contributed by atoms with E-state index in [4.69, 9.17) is 9.84 Å². The number of methoxy groups -OCH3 is 1. The maximum atomic E-state index is 12.9. The number of benzene rings is 1. The van der Waals surface area contributed by atoms with Crippen LogP contribution >= 0.6 is 7.92 Å². The van der Waals surface area contributed by atoms with E-state index in [-0.39, 0.29) is 19.9 Å². The van der Waals surface area contributed by atoms with E-state index in [1.54, 1.807) is 7.11 Å². The highest BCUT2D eigenvalue weighted by Gasteiger charge is 2.22. The largest absolute Gasteiger partial charge is 0.495 e. The van der Waals surface area contributed by atoms with Crippen molar-refractivity contribution >= 4 is 25.2 Å². The van der Waals surface area contributed by atoms with E-state index in [0.717, 1.165) is 69.1 Å². The Labute approximate surface area is 194 Å². The van der Waals surface area contributed by atoms with Crippen molar-refractivity contribution in [1.82, 2.24) is 15.1 Å². The van der Waals surface area contributed by atoms with Gasteiger partial charge < -0.3 is 19.9 Å². The van der Waals surface area contributed by atoms with Crippen LogP contribution < -0.4 is 15.1 Å². The molecule has 1 aromatic rings. The lowest BCUT2D eigenvalue weighted by Crippen LogP contribution is -2.45. The molecule has 178 valence electrons. The molecule has 0 aliphatic carbocycles. The fourth-order valence-electron chi connectivity index (χ4n) is 4.32. The molecule has 7 nitrogen and oxygen atoms in total. The van der Waals surface area contributed by atoms with E-state index in [9.17, 15) is 4.79 Å². The maximum absolute atomic E-state index is 12.9. The first kappa shape index (κ1) is 24.9. The van der Waals surface area contributed by atoms with Gasteiger partial charge in [-0.1, -0.05) is 12.1 Å². The van der Waals surface area contributed by atoms with Crippen LogP contribution in [-0.4, -0.2) is 99.9 Å². The molecule has 2 aliphatic rings.